The molecule has 3 aromatic carbocycles. The third kappa shape index (κ3) is 2.52. The molecule has 4 heteroatoms. The highest BCUT2D eigenvalue weighted by atomic mass is 16.2. The number of hydrogen-bond acceptors (Lipinski definition) is 3. The first-order valence-corrected chi connectivity index (χ1v) is 9.93. The van der Waals surface area contributed by atoms with E-state index in [0.29, 0.717) is 6.42 Å². The topological polar surface area (TPSA) is 44.7 Å². The Morgan fingerprint density at radius 1 is 0.862 bits per heavy atom. The van der Waals surface area contributed by atoms with E-state index in [4.69, 9.17) is 5.10 Å². The molecule has 2 heterocycles. The Labute approximate surface area is 170 Å². The molecule has 0 aromatic heterocycles. The summed E-state index contributed by atoms with van der Waals surface area (Å²) in [5.74, 6) is 0.00885. The number of rotatable bonds is 2. The van der Waals surface area contributed by atoms with Gasteiger partial charge in [-0.15, -0.1) is 0 Å². The van der Waals surface area contributed by atoms with Crippen molar-refractivity contribution in [3.8, 4) is 0 Å². The van der Waals surface area contributed by atoms with Crippen LogP contribution in [0.3, 0.4) is 0 Å². The van der Waals surface area contributed by atoms with Gasteiger partial charge in [-0.2, -0.15) is 10.1 Å². The molecule has 0 fully saturated rings. The summed E-state index contributed by atoms with van der Waals surface area (Å²) in [6.45, 7) is 4.21. The number of nitrogens with zero attached hydrogens (tertiary/aromatic N) is 2. The predicted octanol–water partition coefficient (Wildman–Crippen LogP) is 4.87. The monoisotopic (exact) mass is 381 g/mol. The summed E-state index contributed by atoms with van der Waals surface area (Å²) in [5.41, 5.74) is 3.49. The Morgan fingerprint density at radius 3 is 2.21 bits per heavy atom. The zero-order valence-electron chi connectivity index (χ0n) is 16.6. The van der Waals surface area contributed by atoms with Crippen LogP contribution in [0.25, 0.3) is 0 Å². The van der Waals surface area contributed by atoms with Crippen LogP contribution in [0.15, 0.2) is 90.0 Å². The van der Waals surface area contributed by atoms with Gasteiger partial charge >= 0.3 is 0 Å². The van der Waals surface area contributed by atoms with Gasteiger partial charge in [-0.25, -0.2) is 0 Å². The molecule has 4 nitrogen and oxygen atoms in total. The van der Waals surface area contributed by atoms with Gasteiger partial charge in [0.05, 0.1) is 16.9 Å². The molecular formula is C25H23N3O. The zero-order chi connectivity index (χ0) is 20.1. The Bertz CT molecular complexity index is 1110. The lowest BCUT2D eigenvalue weighted by Crippen LogP contribution is -2.62. The highest BCUT2D eigenvalue weighted by Crippen LogP contribution is 2.50. The van der Waals surface area contributed by atoms with Crippen LogP contribution in [0.2, 0.25) is 0 Å². The van der Waals surface area contributed by atoms with Crippen LogP contribution in [0.1, 0.15) is 25.0 Å². The van der Waals surface area contributed by atoms with Gasteiger partial charge in [-0.05, 0) is 49.6 Å². The van der Waals surface area contributed by atoms with Crippen LogP contribution in [0.4, 0.5) is 11.4 Å². The average molecular weight is 381 g/mol. The second kappa shape index (κ2) is 6.31. The standard InChI is InChI=1S/C25H23N3O/c1-24(2)25(17-19-13-9-10-16-21(19)26-24)22(18-11-5-3-6-12-18)27-28(23(25)29)20-14-7-4-8-15-20/h3-16,26H,17H2,1-2H3. The second-order valence-corrected chi connectivity index (χ2v) is 8.26. The Hall–Kier alpha value is -3.40. The van der Waals surface area contributed by atoms with Crippen LogP contribution < -0.4 is 10.3 Å². The summed E-state index contributed by atoms with van der Waals surface area (Å²) in [5, 5.41) is 10.1. The number of nitrogens with one attached hydrogen (secondary N) is 1. The number of para-hydroxylation sites is 2. The molecule has 144 valence electrons. The maximum Gasteiger partial charge on any atom is 0.262 e. The van der Waals surface area contributed by atoms with Crippen LogP contribution in [-0.4, -0.2) is 17.2 Å². The van der Waals surface area contributed by atoms with Gasteiger partial charge < -0.3 is 5.32 Å². The van der Waals surface area contributed by atoms with Crippen molar-refractivity contribution < 1.29 is 4.79 Å². The number of carbonyl (C=O) groups excluding carboxylic acids is 1. The molecule has 1 unspecified atom stereocenters. The number of benzene rings is 3. The van der Waals surface area contributed by atoms with E-state index in [2.05, 4.69) is 31.3 Å². The van der Waals surface area contributed by atoms with Crippen molar-refractivity contribution in [1.29, 1.82) is 0 Å². The summed E-state index contributed by atoms with van der Waals surface area (Å²) >= 11 is 0. The Balaban J connectivity index is 1.74. The smallest absolute Gasteiger partial charge is 0.262 e. The SMILES string of the molecule is CC1(C)Nc2ccccc2CC12C(=O)N(c1ccccc1)N=C2c1ccccc1. The number of fused-ring (bicyclic) bond motifs is 1. The van der Waals surface area contributed by atoms with E-state index in [9.17, 15) is 4.79 Å². The van der Waals surface area contributed by atoms with Crippen LogP contribution in [-0.2, 0) is 11.2 Å². The minimum absolute atomic E-state index is 0.00885. The minimum atomic E-state index is -0.807. The third-order valence-corrected chi connectivity index (χ3v) is 6.20. The fraction of sp³-hybridized carbons (Fsp3) is 0.200. The van der Waals surface area contributed by atoms with E-state index in [1.54, 1.807) is 5.01 Å². The van der Waals surface area contributed by atoms with Gasteiger partial charge in [0, 0.05) is 5.69 Å². The normalized spacial score (nSPS) is 22.2. The lowest BCUT2D eigenvalue weighted by molar-refractivity contribution is -0.125. The fourth-order valence-corrected chi connectivity index (χ4v) is 4.63. The van der Waals surface area contributed by atoms with Gasteiger partial charge in [0.1, 0.15) is 5.41 Å². The van der Waals surface area contributed by atoms with Gasteiger partial charge in [-0.3, -0.25) is 4.79 Å². The molecule has 0 bridgehead atoms. The van der Waals surface area contributed by atoms with Gasteiger partial charge in [0.2, 0.25) is 0 Å². The van der Waals surface area contributed by atoms with E-state index < -0.39 is 11.0 Å². The van der Waals surface area contributed by atoms with Gasteiger partial charge in [0.25, 0.3) is 5.91 Å². The molecule has 0 saturated heterocycles. The minimum Gasteiger partial charge on any atom is -0.378 e. The largest absolute Gasteiger partial charge is 0.378 e. The molecule has 1 amide bonds. The first-order chi connectivity index (χ1) is 14.0. The molecule has 0 radical (unpaired) electrons. The van der Waals surface area contributed by atoms with Crippen LogP contribution in [0, 0.1) is 5.41 Å². The number of hydrogen-bond donors (Lipinski definition) is 1. The summed E-state index contributed by atoms with van der Waals surface area (Å²) in [6.07, 6.45) is 0.610. The van der Waals surface area contributed by atoms with E-state index in [0.717, 1.165) is 28.2 Å². The molecule has 0 saturated carbocycles. The fourth-order valence-electron chi connectivity index (χ4n) is 4.63. The molecule has 2 aliphatic heterocycles. The Morgan fingerprint density at radius 2 is 1.48 bits per heavy atom. The molecule has 1 N–H and O–H groups in total. The van der Waals surface area contributed by atoms with E-state index in [1.807, 2.05) is 72.8 Å². The maximum absolute atomic E-state index is 14.1. The van der Waals surface area contributed by atoms with Crippen molar-refractivity contribution in [3.05, 3.63) is 96.1 Å². The van der Waals surface area contributed by atoms with Crippen LogP contribution >= 0.6 is 0 Å². The number of carbonyl (C=O) groups is 1. The summed E-state index contributed by atoms with van der Waals surface area (Å²) < 4.78 is 0. The van der Waals surface area contributed by atoms with Crippen molar-refractivity contribution >= 4 is 23.0 Å². The molecule has 0 aliphatic carbocycles. The van der Waals surface area contributed by atoms with Crippen molar-refractivity contribution in [2.75, 3.05) is 10.3 Å². The molecule has 1 atom stereocenters. The first kappa shape index (κ1) is 17.7. The summed E-state index contributed by atoms with van der Waals surface area (Å²) in [6, 6.07) is 28.0. The number of hydrazone groups is 1. The lowest BCUT2D eigenvalue weighted by atomic mass is 9.61. The van der Waals surface area contributed by atoms with Gasteiger partial charge in [-0.1, -0.05) is 66.7 Å². The van der Waals surface area contributed by atoms with E-state index in [1.165, 1.54) is 0 Å². The molecule has 5 rings (SSSR count). The summed E-state index contributed by atoms with van der Waals surface area (Å²) in [7, 11) is 0. The summed E-state index contributed by atoms with van der Waals surface area (Å²) in [4.78, 5) is 14.1. The van der Waals surface area contributed by atoms with E-state index >= 15 is 0 Å². The molecule has 1 spiro atoms. The Kier molecular flexibility index (Phi) is 3.85. The first-order valence-electron chi connectivity index (χ1n) is 9.93. The van der Waals surface area contributed by atoms with Crippen molar-refractivity contribution in [2.45, 2.75) is 25.8 Å². The number of anilines is 2. The quantitative estimate of drug-likeness (QED) is 0.688. The van der Waals surface area contributed by atoms with Gasteiger partial charge in [0.15, 0.2) is 0 Å². The maximum atomic E-state index is 14.1. The van der Waals surface area contributed by atoms with E-state index in [-0.39, 0.29) is 5.91 Å². The highest BCUT2D eigenvalue weighted by molar-refractivity contribution is 6.26. The second-order valence-electron chi connectivity index (χ2n) is 8.26. The number of amides is 1. The highest BCUT2D eigenvalue weighted by Gasteiger charge is 2.62. The zero-order valence-corrected chi connectivity index (χ0v) is 16.6. The predicted molar refractivity (Wildman–Crippen MR) is 117 cm³/mol. The molecular weight excluding hydrogens is 358 g/mol. The average Bonchev–Trinajstić information content (AvgIpc) is 3.04. The lowest BCUT2D eigenvalue weighted by Gasteiger charge is -2.48. The third-order valence-electron chi connectivity index (χ3n) is 6.20. The molecule has 3 aromatic rings. The molecule has 29 heavy (non-hydrogen) atoms. The molecule has 2 aliphatic rings. The van der Waals surface area contributed by atoms with Crippen LogP contribution in [0.5, 0.6) is 0 Å². The van der Waals surface area contributed by atoms with Crippen molar-refractivity contribution in [3.63, 3.8) is 0 Å². The van der Waals surface area contributed by atoms with Crippen molar-refractivity contribution in [1.82, 2.24) is 0 Å². The van der Waals surface area contributed by atoms with Crippen molar-refractivity contribution in [2.24, 2.45) is 10.5 Å².